The molecule has 0 aromatic carbocycles. The van der Waals surface area contributed by atoms with Crippen molar-refractivity contribution in [1.29, 1.82) is 0 Å². The van der Waals surface area contributed by atoms with E-state index in [9.17, 15) is 9.59 Å². The number of likely N-dealkylation sites (tertiary alicyclic amines) is 1. The molecule has 19 heavy (non-hydrogen) atoms. The molecule has 0 bridgehead atoms. The molecular formula is C14H25N3O2. The first kappa shape index (κ1) is 14.2. The van der Waals surface area contributed by atoms with E-state index in [1.165, 1.54) is 6.42 Å². The average Bonchev–Trinajstić information content (AvgIpc) is 2.26. The second-order valence-electron chi connectivity index (χ2n) is 6.36. The first-order valence-corrected chi connectivity index (χ1v) is 7.24. The Labute approximate surface area is 115 Å². The van der Waals surface area contributed by atoms with E-state index in [0.717, 1.165) is 19.3 Å². The number of hydrogen-bond donors (Lipinski definition) is 2. The first-order chi connectivity index (χ1) is 8.97. The van der Waals surface area contributed by atoms with E-state index in [0.29, 0.717) is 24.9 Å². The van der Waals surface area contributed by atoms with Crippen molar-refractivity contribution in [3.8, 4) is 0 Å². The van der Waals surface area contributed by atoms with Crippen LogP contribution in [0, 0.1) is 11.3 Å². The lowest BCUT2D eigenvalue weighted by Crippen LogP contribution is -2.65. The third kappa shape index (κ3) is 2.85. The highest BCUT2D eigenvalue weighted by Gasteiger charge is 2.48. The van der Waals surface area contributed by atoms with Crippen LogP contribution in [0.15, 0.2) is 0 Å². The number of carbonyl (C=O) groups excluding carboxylic acids is 2. The Bertz CT molecular complexity index is 358. The third-order valence-corrected chi connectivity index (χ3v) is 4.29. The minimum absolute atomic E-state index is 0.0911. The summed E-state index contributed by atoms with van der Waals surface area (Å²) in [6.45, 7) is 5.68. The molecule has 1 saturated carbocycles. The maximum absolute atomic E-state index is 12.6. The monoisotopic (exact) mass is 267 g/mol. The van der Waals surface area contributed by atoms with Gasteiger partial charge in [-0.15, -0.1) is 0 Å². The van der Waals surface area contributed by atoms with Crippen LogP contribution in [-0.4, -0.2) is 43.0 Å². The summed E-state index contributed by atoms with van der Waals surface area (Å²) in [7, 11) is 1.60. The van der Waals surface area contributed by atoms with Crippen molar-refractivity contribution in [2.24, 2.45) is 11.3 Å². The molecule has 5 nitrogen and oxygen atoms in total. The summed E-state index contributed by atoms with van der Waals surface area (Å²) in [4.78, 5) is 25.6. The molecule has 1 heterocycles. The zero-order valence-corrected chi connectivity index (χ0v) is 12.2. The van der Waals surface area contributed by atoms with Crippen LogP contribution >= 0.6 is 0 Å². The fourth-order valence-corrected chi connectivity index (χ4v) is 3.22. The molecule has 1 aliphatic carbocycles. The van der Waals surface area contributed by atoms with Gasteiger partial charge in [-0.2, -0.15) is 0 Å². The number of nitrogens with zero attached hydrogens (tertiary/aromatic N) is 1. The van der Waals surface area contributed by atoms with Crippen molar-refractivity contribution in [3.63, 3.8) is 0 Å². The van der Waals surface area contributed by atoms with Crippen LogP contribution in [0.3, 0.4) is 0 Å². The van der Waals surface area contributed by atoms with E-state index < -0.39 is 0 Å². The van der Waals surface area contributed by atoms with Crippen LogP contribution < -0.4 is 10.6 Å². The Morgan fingerprint density at radius 1 is 1.32 bits per heavy atom. The van der Waals surface area contributed by atoms with E-state index in [1.807, 2.05) is 4.90 Å². The molecule has 1 aliphatic heterocycles. The molecule has 2 N–H and O–H groups in total. The molecule has 108 valence electrons. The molecule has 1 saturated heterocycles. The molecule has 5 heteroatoms. The Morgan fingerprint density at radius 2 is 1.95 bits per heavy atom. The minimum atomic E-state index is -0.169. The molecule has 2 fully saturated rings. The third-order valence-electron chi connectivity index (χ3n) is 4.29. The second kappa shape index (κ2) is 5.39. The number of urea groups is 1. The van der Waals surface area contributed by atoms with Crippen molar-refractivity contribution < 1.29 is 9.59 Å². The molecular weight excluding hydrogens is 242 g/mol. The van der Waals surface area contributed by atoms with Gasteiger partial charge in [0.2, 0.25) is 5.91 Å². The SMILES string of the molecule is CNC(=O)NC1CN(C(=O)C2(CC(C)C)CCC2)C1. The standard InChI is InChI=1S/C14H25N3O2/c1-10(2)7-14(5-4-6-14)12(18)17-8-11(9-17)16-13(19)15-3/h10-11H,4-9H2,1-3H3,(H2,15,16,19). The summed E-state index contributed by atoms with van der Waals surface area (Å²) in [5, 5.41) is 5.37. The molecule has 3 amide bonds. The quantitative estimate of drug-likeness (QED) is 0.807. The Hall–Kier alpha value is -1.26. The maximum atomic E-state index is 12.6. The maximum Gasteiger partial charge on any atom is 0.314 e. The largest absolute Gasteiger partial charge is 0.341 e. The van der Waals surface area contributed by atoms with Gasteiger partial charge in [0.25, 0.3) is 0 Å². The second-order valence-corrected chi connectivity index (χ2v) is 6.36. The van der Waals surface area contributed by atoms with Crippen LogP contribution in [-0.2, 0) is 4.79 Å². The van der Waals surface area contributed by atoms with Gasteiger partial charge < -0.3 is 15.5 Å². The Balaban J connectivity index is 1.83. The molecule has 2 rings (SSSR count). The van der Waals surface area contributed by atoms with E-state index >= 15 is 0 Å². The zero-order chi connectivity index (χ0) is 14.0. The van der Waals surface area contributed by atoms with E-state index in [-0.39, 0.29) is 17.5 Å². The number of rotatable bonds is 4. The number of carbonyl (C=O) groups is 2. The van der Waals surface area contributed by atoms with E-state index in [2.05, 4.69) is 24.5 Å². The summed E-state index contributed by atoms with van der Waals surface area (Å²) in [6, 6.07) is -0.0577. The van der Waals surface area contributed by atoms with Crippen LogP contribution in [0.1, 0.15) is 39.5 Å². The van der Waals surface area contributed by atoms with Crippen LogP contribution in [0.2, 0.25) is 0 Å². The van der Waals surface area contributed by atoms with Crippen molar-refractivity contribution in [2.45, 2.75) is 45.6 Å². The van der Waals surface area contributed by atoms with Gasteiger partial charge in [0.15, 0.2) is 0 Å². The van der Waals surface area contributed by atoms with Gasteiger partial charge in [-0.25, -0.2) is 4.79 Å². The zero-order valence-electron chi connectivity index (χ0n) is 12.2. The molecule has 2 aliphatic rings. The highest BCUT2D eigenvalue weighted by Crippen LogP contribution is 2.47. The molecule has 0 radical (unpaired) electrons. The minimum Gasteiger partial charge on any atom is -0.341 e. The highest BCUT2D eigenvalue weighted by atomic mass is 16.2. The Morgan fingerprint density at radius 3 is 2.37 bits per heavy atom. The molecule has 0 unspecified atom stereocenters. The van der Waals surface area contributed by atoms with Gasteiger partial charge in [0.05, 0.1) is 6.04 Å². The smallest absolute Gasteiger partial charge is 0.314 e. The molecule has 0 spiro atoms. The number of nitrogens with one attached hydrogen (secondary N) is 2. The molecule has 0 aromatic rings. The van der Waals surface area contributed by atoms with Crippen LogP contribution in [0.4, 0.5) is 4.79 Å². The van der Waals surface area contributed by atoms with Crippen LogP contribution in [0.5, 0.6) is 0 Å². The normalized spacial score (nSPS) is 21.6. The van der Waals surface area contributed by atoms with E-state index in [4.69, 9.17) is 0 Å². The lowest BCUT2D eigenvalue weighted by atomic mass is 9.63. The fraction of sp³-hybridized carbons (Fsp3) is 0.857. The highest BCUT2D eigenvalue weighted by molar-refractivity contribution is 5.85. The van der Waals surface area contributed by atoms with Gasteiger partial charge in [-0.1, -0.05) is 20.3 Å². The average molecular weight is 267 g/mol. The summed E-state index contributed by atoms with van der Waals surface area (Å²) in [6.07, 6.45) is 4.24. The van der Waals surface area contributed by atoms with Gasteiger partial charge in [-0.3, -0.25) is 4.79 Å². The lowest BCUT2D eigenvalue weighted by molar-refractivity contribution is -0.154. The lowest BCUT2D eigenvalue weighted by Gasteiger charge is -2.49. The Kier molecular flexibility index (Phi) is 4.02. The fourth-order valence-electron chi connectivity index (χ4n) is 3.22. The van der Waals surface area contributed by atoms with Crippen molar-refractivity contribution in [3.05, 3.63) is 0 Å². The van der Waals surface area contributed by atoms with Crippen molar-refractivity contribution in [1.82, 2.24) is 15.5 Å². The summed E-state index contributed by atoms with van der Waals surface area (Å²) >= 11 is 0. The predicted molar refractivity (Wildman–Crippen MR) is 73.7 cm³/mol. The van der Waals surface area contributed by atoms with Gasteiger partial charge in [-0.05, 0) is 25.2 Å². The van der Waals surface area contributed by atoms with E-state index in [1.54, 1.807) is 7.05 Å². The van der Waals surface area contributed by atoms with Crippen LogP contribution in [0.25, 0.3) is 0 Å². The van der Waals surface area contributed by atoms with Gasteiger partial charge in [0, 0.05) is 25.6 Å². The summed E-state index contributed by atoms with van der Waals surface area (Å²) in [5.74, 6) is 0.868. The molecule has 0 atom stereocenters. The van der Waals surface area contributed by atoms with Gasteiger partial charge in [0.1, 0.15) is 0 Å². The predicted octanol–water partition coefficient (Wildman–Crippen LogP) is 1.34. The topological polar surface area (TPSA) is 61.4 Å². The molecule has 0 aromatic heterocycles. The summed E-state index contributed by atoms with van der Waals surface area (Å²) in [5.41, 5.74) is -0.0911. The van der Waals surface area contributed by atoms with Crippen molar-refractivity contribution in [2.75, 3.05) is 20.1 Å². The van der Waals surface area contributed by atoms with Gasteiger partial charge >= 0.3 is 6.03 Å². The number of amides is 3. The first-order valence-electron chi connectivity index (χ1n) is 7.24. The van der Waals surface area contributed by atoms with Crippen molar-refractivity contribution >= 4 is 11.9 Å². The number of hydrogen-bond acceptors (Lipinski definition) is 2. The summed E-state index contributed by atoms with van der Waals surface area (Å²) < 4.78 is 0.